The zero-order chi connectivity index (χ0) is 13.4. The minimum atomic E-state index is 0.306. The minimum Gasteiger partial charge on any atom is -0.375 e. The fourth-order valence-electron chi connectivity index (χ4n) is 5.19. The Hall–Kier alpha value is -0.120. The highest BCUT2D eigenvalue weighted by molar-refractivity contribution is 5.00. The number of rotatable bonds is 2. The molecule has 1 saturated carbocycles. The van der Waals surface area contributed by atoms with Crippen molar-refractivity contribution in [3.63, 3.8) is 0 Å². The summed E-state index contributed by atoms with van der Waals surface area (Å²) in [5, 5.41) is 3.62. The predicted molar refractivity (Wildman–Crippen MR) is 80.9 cm³/mol. The van der Waals surface area contributed by atoms with E-state index in [0.717, 1.165) is 24.6 Å². The molecule has 4 rings (SSSR count). The second kappa shape index (κ2) is 5.58. The van der Waals surface area contributed by atoms with Crippen LogP contribution in [0.4, 0.5) is 0 Å². The Morgan fingerprint density at radius 3 is 2.75 bits per heavy atom. The summed E-state index contributed by atoms with van der Waals surface area (Å²) in [5.74, 6) is 0.909. The standard InChI is InChI=1S/C17H30N2O/c1-4-14(13-18-9-1)16-5-2-10-19(16)15-6-11-20-17(12-15)7-3-8-17/h14-16,18H,1-13H2. The lowest BCUT2D eigenvalue weighted by Gasteiger charge is -2.50. The zero-order valence-electron chi connectivity index (χ0n) is 12.8. The van der Waals surface area contributed by atoms with E-state index in [1.807, 2.05) is 0 Å². The summed E-state index contributed by atoms with van der Waals surface area (Å²) in [6.07, 6.45) is 12.3. The van der Waals surface area contributed by atoms with Crippen LogP contribution in [0.15, 0.2) is 0 Å². The van der Waals surface area contributed by atoms with Crippen molar-refractivity contribution in [1.29, 1.82) is 0 Å². The van der Waals surface area contributed by atoms with E-state index in [0.29, 0.717) is 5.60 Å². The van der Waals surface area contributed by atoms with E-state index in [9.17, 15) is 0 Å². The van der Waals surface area contributed by atoms with Gasteiger partial charge in [0.25, 0.3) is 0 Å². The van der Waals surface area contributed by atoms with Crippen LogP contribution in [0.5, 0.6) is 0 Å². The molecule has 1 spiro atoms. The van der Waals surface area contributed by atoms with Crippen LogP contribution in [0.25, 0.3) is 0 Å². The quantitative estimate of drug-likeness (QED) is 0.840. The van der Waals surface area contributed by atoms with E-state index < -0.39 is 0 Å². The molecule has 20 heavy (non-hydrogen) atoms. The summed E-state index contributed by atoms with van der Waals surface area (Å²) < 4.78 is 6.13. The molecule has 3 heterocycles. The van der Waals surface area contributed by atoms with E-state index in [1.165, 1.54) is 77.4 Å². The Kier molecular flexibility index (Phi) is 3.78. The first kappa shape index (κ1) is 13.5. The monoisotopic (exact) mass is 278 g/mol. The van der Waals surface area contributed by atoms with Gasteiger partial charge >= 0.3 is 0 Å². The molecule has 0 aromatic carbocycles. The van der Waals surface area contributed by atoms with Gasteiger partial charge in [0.15, 0.2) is 0 Å². The number of hydrogen-bond acceptors (Lipinski definition) is 3. The van der Waals surface area contributed by atoms with Crippen molar-refractivity contribution in [2.24, 2.45) is 5.92 Å². The van der Waals surface area contributed by atoms with Gasteiger partial charge in [0.05, 0.1) is 5.60 Å². The van der Waals surface area contributed by atoms with Gasteiger partial charge in [-0.3, -0.25) is 4.90 Å². The maximum Gasteiger partial charge on any atom is 0.0697 e. The third-order valence-electron chi connectivity index (χ3n) is 6.42. The van der Waals surface area contributed by atoms with Gasteiger partial charge in [0.1, 0.15) is 0 Å². The maximum absolute atomic E-state index is 6.13. The van der Waals surface area contributed by atoms with E-state index in [4.69, 9.17) is 4.74 Å². The van der Waals surface area contributed by atoms with Gasteiger partial charge in [-0.25, -0.2) is 0 Å². The highest BCUT2D eigenvalue weighted by Gasteiger charge is 2.46. The van der Waals surface area contributed by atoms with Gasteiger partial charge in [-0.2, -0.15) is 0 Å². The number of hydrogen-bond donors (Lipinski definition) is 1. The van der Waals surface area contributed by atoms with Gasteiger partial charge in [0, 0.05) is 18.7 Å². The van der Waals surface area contributed by atoms with Gasteiger partial charge in [0.2, 0.25) is 0 Å². The average Bonchev–Trinajstić information content (AvgIpc) is 2.96. The van der Waals surface area contributed by atoms with Crippen molar-refractivity contribution in [2.45, 2.75) is 75.5 Å². The molecule has 3 aliphatic heterocycles. The number of nitrogens with one attached hydrogen (secondary N) is 1. The zero-order valence-corrected chi connectivity index (χ0v) is 12.8. The topological polar surface area (TPSA) is 24.5 Å². The van der Waals surface area contributed by atoms with Crippen molar-refractivity contribution in [3.8, 4) is 0 Å². The number of piperidine rings is 1. The van der Waals surface area contributed by atoms with Crippen molar-refractivity contribution < 1.29 is 4.74 Å². The summed E-state index contributed by atoms with van der Waals surface area (Å²) in [6, 6.07) is 1.68. The normalized spacial score (nSPS) is 41.7. The molecular formula is C17H30N2O. The number of likely N-dealkylation sites (tertiary alicyclic amines) is 1. The van der Waals surface area contributed by atoms with Crippen LogP contribution in [-0.2, 0) is 4.74 Å². The molecule has 3 saturated heterocycles. The molecule has 1 aliphatic carbocycles. The second-order valence-electron chi connectivity index (χ2n) is 7.59. The molecule has 4 fully saturated rings. The Bertz CT molecular complexity index is 336. The molecule has 1 N–H and O–H groups in total. The lowest BCUT2D eigenvalue weighted by molar-refractivity contribution is -0.151. The first-order valence-corrected chi connectivity index (χ1v) is 8.97. The molecule has 0 amide bonds. The molecule has 3 atom stereocenters. The summed E-state index contributed by atoms with van der Waals surface area (Å²) in [7, 11) is 0. The van der Waals surface area contributed by atoms with Crippen molar-refractivity contribution in [2.75, 3.05) is 26.2 Å². The molecule has 3 unspecified atom stereocenters. The first-order valence-electron chi connectivity index (χ1n) is 8.97. The van der Waals surface area contributed by atoms with E-state index in [1.54, 1.807) is 0 Å². The third kappa shape index (κ3) is 2.42. The van der Waals surface area contributed by atoms with Crippen molar-refractivity contribution >= 4 is 0 Å². The summed E-state index contributed by atoms with van der Waals surface area (Å²) in [5.41, 5.74) is 0.306. The number of nitrogens with zero attached hydrogens (tertiary/aromatic N) is 1. The summed E-state index contributed by atoms with van der Waals surface area (Å²) >= 11 is 0. The first-order chi connectivity index (χ1) is 9.86. The van der Waals surface area contributed by atoms with Crippen molar-refractivity contribution in [3.05, 3.63) is 0 Å². The van der Waals surface area contributed by atoms with Gasteiger partial charge < -0.3 is 10.1 Å². The third-order valence-corrected chi connectivity index (χ3v) is 6.42. The molecule has 3 nitrogen and oxygen atoms in total. The van der Waals surface area contributed by atoms with Crippen LogP contribution in [0, 0.1) is 5.92 Å². The average molecular weight is 278 g/mol. The minimum absolute atomic E-state index is 0.306. The maximum atomic E-state index is 6.13. The Balaban J connectivity index is 1.43. The van der Waals surface area contributed by atoms with Crippen molar-refractivity contribution in [1.82, 2.24) is 10.2 Å². The Morgan fingerprint density at radius 1 is 1.05 bits per heavy atom. The predicted octanol–water partition coefficient (Wildman–Crippen LogP) is 2.55. The molecule has 114 valence electrons. The van der Waals surface area contributed by atoms with Crippen LogP contribution in [0.3, 0.4) is 0 Å². The Labute approximate surface area is 123 Å². The molecule has 3 heteroatoms. The van der Waals surface area contributed by atoms with Gasteiger partial charge in [-0.15, -0.1) is 0 Å². The van der Waals surface area contributed by atoms with E-state index >= 15 is 0 Å². The molecule has 0 aromatic rings. The Morgan fingerprint density at radius 2 is 2.00 bits per heavy atom. The van der Waals surface area contributed by atoms with Gasteiger partial charge in [-0.05, 0) is 83.3 Å². The van der Waals surface area contributed by atoms with E-state index in [2.05, 4.69) is 10.2 Å². The van der Waals surface area contributed by atoms with Crippen LogP contribution >= 0.6 is 0 Å². The molecule has 4 aliphatic rings. The fraction of sp³-hybridized carbons (Fsp3) is 1.00. The van der Waals surface area contributed by atoms with Gasteiger partial charge in [-0.1, -0.05) is 0 Å². The SMILES string of the molecule is C1CNCC(C2CCCN2C2CCOC3(CCC3)C2)C1. The lowest BCUT2D eigenvalue weighted by atomic mass is 9.73. The van der Waals surface area contributed by atoms with E-state index in [-0.39, 0.29) is 0 Å². The fourth-order valence-corrected chi connectivity index (χ4v) is 5.19. The largest absolute Gasteiger partial charge is 0.375 e. The highest BCUT2D eigenvalue weighted by Crippen LogP contribution is 2.45. The smallest absolute Gasteiger partial charge is 0.0697 e. The van der Waals surface area contributed by atoms with Crippen LogP contribution < -0.4 is 5.32 Å². The van der Waals surface area contributed by atoms with Crippen LogP contribution in [-0.4, -0.2) is 48.8 Å². The second-order valence-corrected chi connectivity index (χ2v) is 7.59. The molecule has 0 bridgehead atoms. The molecule has 0 aromatic heterocycles. The molecule has 0 radical (unpaired) electrons. The summed E-state index contributed by atoms with van der Waals surface area (Å²) in [4.78, 5) is 2.90. The summed E-state index contributed by atoms with van der Waals surface area (Å²) in [6.45, 7) is 4.86. The van der Waals surface area contributed by atoms with Crippen LogP contribution in [0.2, 0.25) is 0 Å². The number of ether oxygens (including phenoxy) is 1. The lowest BCUT2D eigenvalue weighted by Crippen LogP contribution is -2.55. The highest BCUT2D eigenvalue weighted by atomic mass is 16.5. The molecular weight excluding hydrogens is 248 g/mol. The van der Waals surface area contributed by atoms with Crippen LogP contribution in [0.1, 0.15) is 57.8 Å².